The zero-order valence-corrected chi connectivity index (χ0v) is 14.2. The summed E-state index contributed by atoms with van der Waals surface area (Å²) in [6.07, 6.45) is 9.24. The summed E-state index contributed by atoms with van der Waals surface area (Å²) in [5, 5.41) is 13.9. The van der Waals surface area contributed by atoms with E-state index in [-0.39, 0.29) is 11.6 Å². The van der Waals surface area contributed by atoms with E-state index in [1.165, 1.54) is 6.42 Å². The van der Waals surface area contributed by atoms with E-state index in [0.717, 1.165) is 35.9 Å². The molecule has 0 unspecified atom stereocenters. The summed E-state index contributed by atoms with van der Waals surface area (Å²) in [4.78, 5) is 12.0. The first-order valence-electron chi connectivity index (χ1n) is 7.87. The molecule has 0 bridgehead atoms. The molecule has 0 radical (unpaired) electrons. The molecule has 2 N–H and O–H groups in total. The Balaban J connectivity index is 1.31. The van der Waals surface area contributed by atoms with E-state index in [9.17, 15) is 4.79 Å². The van der Waals surface area contributed by atoms with Crippen molar-refractivity contribution in [1.82, 2.24) is 20.3 Å². The molecular formula is C15H18BrN5O2. The number of nitrogens with zero attached hydrogens (tertiary/aromatic N) is 3. The number of urea groups is 1. The third-order valence-electron chi connectivity index (χ3n) is 4.72. The fourth-order valence-electron chi connectivity index (χ4n) is 2.83. The van der Waals surface area contributed by atoms with Gasteiger partial charge in [0.15, 0.2) is 5.82 Å². The van der Waals surface area contributed by atoms with E-state index >= 15 is 0 Å². The number of nitrogens with one attached hydrogen (secondary N) is 2. The van der Waals surface area contributed by atoms with Gasteiger partial charge >= 0.3 is 6.03 Å². The monoisotopic (exact) mass is 379 g/mol. The van der Waals surface area contributed by atoms with Crippen LogP contribution in [0.3, 0.4) is 0 Å². The molecule has 0 spiro atoms. The average Bonchev–Trinajstić information content (AvgIpc) is 2.92. The van der Waals surface area contributed by atoms with Crippen molar-refractivity contribution < 1.29 is 9.32 Å². The molecule has 8 heteroatoms. The van der Waals surface area contributed by atoms with Crippen LogP contribution in [-0.4, -0.2) is 27.5 Å². The number of anilines is 1. The molecule has 0 atom stereocenters. The Morgan fingerprint density at radius 3 is 2.91 bits per heavy atom. The summed E-state index contributed by atoms with van der Waals surface area (Å²) in [6, 6.07) is 1.55. The largest absolute Gasteiger partial charge is 0.359 e. The molecule has 122 valence electrons. The minimum atomic E-state index is -0.268. The predicted octanol–water partition coefficient (Wildman–Crippen LogP) is 3.21. The third-order valence-corrected chi connectivity index (χ3v) is 5.13. The van der Waals surface area contributed by atoms with E-state index in [2.05, 4.69) is 36.8 Å². The first-order chi connectivity index (χ1) is 11.1. The Bertz CT molecular complexity index is 717. The summed E-state index contributed by atoms with van der Waals surface area (Å²) < 4.78 is 8.15. The topological polar surface area (TPSA) is 85.0 Å². The maximum atomic E-state index is 12.0. The van der Waals surface area contributed by atoms with E-state index in [1.54, 1.807) is 6.20 Å². The Morgan fingerprint density at radius 1 is 1.48 bits per heavy atom. The summed E-state index contributed by atoms with van der Waals surface area (Å²) in [7, 11) is 0. The van der Waals surface area contributed by atoms with Gasteiger partial charge in [-0.3, -0.25) is 10.00 Å². The second-order valence-corrected chi connectivity index (χ2v) is 7.29. The Kier molecular flexibility index (Phi) is 3.63. The molecule has 2 aromatic rings. The lowest BCUT2D eigenvalue weighted by molar-refractivity contribution is 0.248. The zero-order valence-electron chi connectivity index (χ0n) is 12.6. The van der Waals surface area contributed by atoms with Gasteiger partial charge in [0, 0.05) is 24.7 Å². The van der Waals surface area contributed by atoms with Crippen LogP contribution in [0.2, 0.25) is 0 Å². The molecule has 4 rings (SSSR count). The first-order valence-corrected chi connectivity index (χ1v) is 8.66. The predicted molar refractivity (Wildman–Crippen MR) is 87.3 cm³/mol. The highest BCUT2D eigenvalue weighted by Gasteiger charge is 2.45. The fourth-order valence-corrected chi connectivity index (χ4v) is 3.12. The number of carbonyl (C=O) groups is 1. The Morgan fingerprint density at radius 2 is 2.30 bits per heavy atom. The van der Waals surface area contributed by atoms with E-state index in [4.69, 9.17) is 4.52 Å². The molecule has 2 amide bonds. The maximum absolute atomic E-state index is 12.0. The van der Waals surface area contributed by atoms with Gasteiger partial charge in [-0.2, -0.15) is 5.10 Å². The van der Waals surface area contributed by atoms with Crippen molar-refractivity contribution in [2.24, 2.45) is 0 Å². The van der Waals surface area contributed by atoms with Gasteiger partial charge in [0.25, 0.3) is 0 Å². The molecule has 7 nitrogen and oxygen atoms in total. The van der Waals surface area contributed by atoms with Crippen molar-refractivity contribution in [3.8, 4) is 0 Å². The van der Waals surface area contributed by atoms with Crippen molar-refractivity contribution >= 4 is 27.8 Å². The minimum absolute atomic E-state index is 0.0930. The number of aromatic nitrogens is 3. The van der Waals surface area contributed by atoms with Crippen LogP contribution in [0.5, 0.6) is 0 Å². The van der Waals surface area contributed by atoms with Crippen LogP contribution in [-0.2, 0) is 5.54 Å². The minimum Gasteiger partial charge on any atom is -0.359 e. The molecule has 2 aliphatic rings. The molecule has 2 saturated carbocycles. The molecule has 23 heavy (non-hydrogen) atoms. The van der Waals surface area contributed by atoms with Gasteiger partial charge in [-0.1, -0.05) is 11.6 Å². The van der Waals surface area contributed by atoms with Crippen molar-refractivity contribution in [1.29, 1.82) is 0 Å². The SMILES string of the molecule is O=C(NCC1(n2cc(Br)cn2)CC1)Nc1cc(C2CCC2)on1. The third kappa shape index (κ3) is 2.99. The van der Waals surface area contributed by atoms with Gasteiger partial charge in [-0.15, -0.1) is 0 Å². The number of amides is 2. The van der Waals surface area contributed by atoms with Crippen molar-refractivity contribution in [3.05, 3.63) is 28.7 Å². The maximum Gasteiger partial charge on any atom is 0.320 e. The normalized spacial score (nSPS) is 19.2. The molecule has 0 aromatic carbocycles. The molecule has 2 heterocycles. The second-order valence-electron chi connectivity index (χ2n) is 6.38. The molecule has 2 fully saturated rings. The summed E-state index contributed by atoms with van der Waals surface area (Å²) in [5.74, 6) is 1.80. The lowest BCUT2D eigenvalue weighted by atomic mass is 9.84. The Hall–Kier alpha value is -1.83. The van der Waals surface area contributed by atoms with Crippen LogP contribution in [0, 0.1) is 0 Å². The number of rotatable bonds is 5. The smallest absolute Gasteiger partial charge is 0.320 e. The van der Waals surface area contributed by atoms with Gasteiger partial charge in [0.05, 0.1) is 16.2 Å². The number of hydrogen-bond donors (Lipinski definition) is 2. The highest BCUT2D eigenvalue weighted by Crippen LogP contribution is 2.42. The van der Waals surface area contributed by atoms with Crippen molar-refractivity contribution in [3.63, 3.8) is 0 Å². The summed E-state index contributed by atoms with van der Waals surface area (Å²) >= 11 is 3.40. The highest BCUT2D eigenvalue weighted by molar-refractivity contribution is 9.10. The van der Waals surface area contributed by atoms with Crippen LogP contribution in [0.1, 0.15) is 43.8 Å². The molecule has 0 saturated heterocycles. The van der Waals surface area contributed by atoms with Gasteiger partial charge < -0.3 is 9.84 Å². The summed E-state index contributed by atoms with van der Waals surface area (Å²) in [6.45, 7) is 0.542. The Labute approximate surface area is 141 Å². The quantitative estimate of drug-likeness (QED) is 0.834. The number of halogens is 1. The average molecular weight is 380 g/mol. The molecule has 0 aliphatic heterocycles. The summed E-state index contributed by atoms with van der Waals surface area (Å²) in [5.41, 5.74) is -0.0930. The van der Waals surface area contributed by atoms with E-state index < -0.39 is 0 Å². The van der Waals surface area contributed by atoms with Crippen LogP contribution in [0.25, 0.3) is 0 Å². The van der Waals surface area contributed by atoms with E-state index in [0.29, 0.717) is 18.3 Å². The lowest BCUT2D eigenvalue weighted by Gasteiger charge is -2.21. The van der Waals surface area contributed by atoms with Crippen molar-refractivity contribution in [2.75, 3.05) is 11.9 Å². The van der Waals surface area contributed by atoms with Crippen molar-refractivity contribution in [2.45, 2.75) is 43.6 Å². The highest BCUT2D eigenvalue weighted by atomic mass is 79.9. The fraction of sp³-hybridized carbons (Fsp3) is 0.533. The van der Waals surface area contributed by atoms with Crippen LogP contribution >= 0.6 is 15.9 Å². The first kappa shape index (κ1) is 14.7. The van der Waals surface area contributed by atoms with Crippen LogP contribution in [0.15, 0.2) is 27.5 Å². The van der Waals surface area contributed by atoms with Gasteiger partial charge in [0.1, 0.15) is 5.76 Å². The number of hydrogen-bond acceptors (Lipinski definition) is 4. The van der Waals surface area contributed by atoms with Gasteiger partial charge in [-0.25, -0.2) is 4.79 Å². The molecule has 2 aliphatic carbocycles. The molecule has 2 aromatic heterocycles. The van der Waals surface area contributed by atoms with Crippen LogP contribution in [0.4, 0.5) is 10.6 Å². The van der Waals surface area contributed by atoms with Crippen LogP contribution < -0.4 is 10.6 Å². The van der Waals surface area contributed by atoms with Gasteiger partial charge in [-0.05, 0) is 41.6 Å². The molecular weight excluding hydrogens is 362 g/mol. The van der Waals surface area contributed by atoms with Gasteiger partial charge in [0.2, 0.25) is 0 Å². The standard InChI is InChI=1S/C15H18BrN5O2/c16-11-7-18-21(8-11)15(4-5-15)9-17-14(22)19-13-6-12(23-20-13)10-2-1-3-10/h6-8,10H,1-5,9H2,(H2,17,19,20,22). The second kappa shape index (κ2) is 5.67. The number of carbonyl (C=O) groups excluding carboxylic acids is 1. The zero-order chi connectivity index (χ0) is 15.9. The van der Waals surface area contributed by atoms with E-state index in [1.807, 2.05) is 16.9 Å². The lowest BCUT2D eigenvalue weighted by Crippen LogP contribution is -2.38.